The van der Waals surface area contributed by atoms with E-state index in [1.54, 1.807) is 7.11 Å². The Morgan fingerprint density at radius 2 is 2.09 bits per heavy atom. The van der Waals surface area contributed by atoms with Gasteiger partial charge in [0.15, 0.2) is 5.78 Å². The first-order chi connectivity index (χ1) is 10.2. The number of aliphatic hydroxyl groups is 2. The number of rotatable bonds is 2. The van der Waals surface area contributed by atoms with Gasteiger partial charge in [-0.15, -0.1) is 0 Å². The molecule has 0 aromatic heterocycles. The quantitative estimate of drug-likeness (QED) is 0.809. The third kappa shape index (κ3) is 2.30. The molecule has 124 valence electrons. The number of aliphatic hydroxyl groups excluding tert-OH is 1. The van der Waals surface area contributed by atoms with E-state index in [1.165, 1.54) is 0 Å². The van der Waals surface area contributed by atoms with Crippen LogP contribution in [-0.2, 0) is 14.3 Å². The average molecular weight is 310 g/mol. The molecule has 0 radical (unpaired) electrons. The molecule has 1 aliphatic heterocycles. The third-order valence-electron chi connectivity index (χ3n) is 5.81. The Labute approximate surface area is 131 Å². The Bertz CT molecular complexity index is 518. The van der Waals surface area contributed by atoms with E-state index in [9.17, 15) is 15.0 Å². The van der Waals surface area contributed by atoms with Gasteiger partial charge in [0.1, 0.15) is 23.6 Å². The van der Waals surface area contributed by atoms with Gasteiger partial charge in [-0.05, 0) is 46.0 Å². The number of Topliss-reactive ketones (excluding diaryl/α,β-unsaturated/α-hetero) is 1. The Morgan fingerprint density at radius 1 is 1.41 bits per heavy atom. The summed E-state index contributed by atoms with van der Waals surface area (Å²) in [5.41, 5.74) is -0.617. The van der Waals surface area contributed by atoms with Crippen LogP contribution in [0.1, 0.15) is 46.5 Å². The van der Waals surface area contributed by atoms with Crippen molar-refractivity contribution in [2.75, 3.05) is 7.11 Å². The standard InChI is InChI=1S/C17H26O5/c1-16(2,20)10-5-6-17(3)11(10)7-9-14(19)12(18)8-13(21-4)15(9)22-17/h10-13,18,20H,5-8H2,1-4H3/t10-,11+,12-,13+,17-/m1/s1. The zero-order valence-electron chi connectivity index (χ0n) is 13.8. The topological polar surface area (TPSA) is 76.0 Å². The molecule has 0 saturated heterocycles. The summed E-state index contributed by atoms with van der Waals surface area (Å²) in [5.74, 6) is 0.525. The van der Waals surface area contributed by atoms with E-state index in [4.69, 9.17) is 9.47 Å². The van der Waals surface area contributed by atoms with E-state index in [0.717, 1.165) is 12.8 Å². The molecular weight excluding hydrogens is 284 g/mol. The number of carbonyl (C=O) groups is 1. The monoisotopic (exact) mass is 310 g/mol. The lowest BCUT2D eigenvalue weighted by Gasteiger charge is -2.46. The van der Waals surface area contributed by atoms with Crippen molar-refractivity contribution in [2.24, 2.45) is 11.8 Å². The Balaban J connectivity index is 1.99. The minimum absolute atomic E-state index is 0.0815. The van der Waals surface area contributed by atoms with Gasteiger partial charge >= 0.3 is 0 Å². The van der Waals surface area contributed by atoms with Crippen LogP contribution in [0.15, 0.2) is 11.3 Å². The lowest BCUT2D eigenvalue weighted by Crippen LogP contribution is -2.49. The van der Waals surface area contributed by atoms with Crippen LogP contribution in [0.3, 0.4) is 0 Å². The molecule has 1 fully saturated rings. The lowest BCUT2D eigenvalue weighted by molar-refractivity contribution is -0.137. The van der Waals surface area contributed by atoms with E-state index in [2.05, 4.69) is 6.92 Å². The number of hydrogen-bond acceptors (Lipinski definition) is 5. The Kier molecular flexibility index (Phi) is 3.66. The molecule has 0 bridgehead atoms. The summed E-state index contributed by atoms with van der Waals surface area (Å²) >= 11 is 0. The highest BCUT2D eigenvalue weighted by Gasteiger charge is 2.56. The maximum Gasteiger partial charge on any atom is 0.190 e. The van der Waals surface area contributed by atoms with Gasteiger partial charge in [-0.2, -0.15) is 0 Å². The fraction of sp³-hybridized carbons (Fsp3) is 0.824. The summed E-state index contributed by atoms with van der Waals surface area (Å²) in [7, 11) is 1.57. The summed E-state index contributed by atoms with van der Waals surface area (Å²) in [6, 6.07) is 0. The van der Waals surface area contributed by atoms with Crippen molar-refractivity contribution in [1.29, 1.82) is 0 Å². The summed E-state index contributed by atoms with van der Waals surface area (Å²) in [4.78, 5) is 12.4. The predicted octanol–water partition coefficient (Wildman–Crippen LogP) is 1.57. The maximum atomic E-state index is 12.4. The van der Waals surface area contributed by atoms with Crippen molar-refractivity contribution in [3.8, 4) is 0 Å². The van der Waals surface area contributed by atoms with Crippen molar-refractivity contribution in [3.05, 3.63) is 11.3 Å². The Morgan fingerprint density at radius 3 is 2.68 bits per heavy atom. The molecule has 0 amide bonds. The second-order valence-electron chi connectivity index (χ2n) is 7.71. The fourth-order valence-electron chi connectivity index (χ4n) is 4.52. The first-order valence-electron chi connectivity index (χ1n) is 8.07. The number of methoxy groups -OCH3 is 1. The summed E-state index contributed by atoms with van der Waals surface area (Å²) in [5, 5.41) is 20.4. The molecular formula is C17H26O5. The van der Waals surface area contributed by atoms with Crippen LogP contribution in [0, 0.1) is 11.8 Å². The molecule has 1 heterocycles. The van der Waals surface area contributed by atoms with Gasteiger partial charge in [-0.1, -0.05) is 0 Å². The van der Waals surface area contributed by atoms with Gasteiger partial charge in [0.05, 0.1) is 5.60 Å². The predicted molar refractivity (Wildman–Crippen MR) is 80.1 cm³/mol. The van der Waals surface area contributed by atoms with Crippen LogP contribution in [0.5, 0.6) is 0 Å². The SMILES string of the molecule is CO[C@H]1C[C@@H](O)C(=O)C2=C1O[C@]1(C)CC[C@@H](C(C)(C)O)[C@@H]1C2. The smallest absolute Gasteiger partial charge is 0.190 e. The molecule has 0 aromatic carbocycles. The zero-order valence-corrected chi connectivity index (χ0v) is 13.8. The van der Waals surface area contributed by atoms with Crippen molar-refractivity contribution < 1.29 is 24.5 Å². The zero-order chi connectivity index (χ0) is 16.3. The minimum atomic E-state index is -1.02. The summed E-state index contributed by atoms with van der Waals surface area (Å²) < 4.78 is 11.7. The molecule has 5 nitrogen and oxygen atoms in total. The highest BCUT2D eigenvalue weighted by Crippen LogP contribution is 2.54. The number of hydrogen-bond donors (Lipinski definition) is 2. The summed E-state index contributed by atoms with van der Waals surface area (Å²) in [6.45, 7) is 5.71. The van der Waals surface area contributed by atoms with Crippen LogP contribution in [-0.4, -0.2) is 46.5 Å². The van der Waals surface area contributed by atoms with Gasteiger partial charge in [0, 0.05) is 25.0 Å². The van der Waals surface area contributed by atoms with E-state index < -0.39 is 11.7 Å². The van der Waals surface area contributed by atoms with Crippen LogP contribution >= 0.6 is 0 Å². The molecule has 0 aromatic rings. The van der Waals surface area contributed by atoms with Crippen LogP contribution in [0.2, 0.25) is 0 Å². The van der Waals surface area contributed by atoms with Gasteiger partial charge in [0.2, 0.25) is 0 Å². The molecule has 5 atom stereocenters. The largest absolute Gasteiger partial charge is 0.488 e. The van der Waals surface area contributed by atoms with Gasteiger partial charge in [0.25, 0.3) is 0 Å². The highest BCUT2D eigenvalue weighted by atomic mass is 16.5. The van der Waals surface area contributed by atoms with Crippen LogP contribution in [0.25, 0.3) is 0 Å². The summed E-state index contributed by atoms with van der Waals surface area (Å²) in [6.07, 6.45) is 1.16. The van der Waals surface area contributed by atoms with E-state index in [0.29, 0.717) is 17.8 Å². The van der Waals surface area contributed by atoms with E-state index in [-0.39, 0.29) is 35.7 Å². The number of carbonyl (C=O) groups excluding carboxylic acids is 1. The van der Waals surface area contributed by atoms with Crippen molar-refractivity contribution in [3.63, 3.8) is 0 Å². The minimum Gasteiger partial charge on any atom is -0.488 e. The molecule has 5 heteroatoms. The molecule has 22 heavy (non-hydrogen) atoms. The lowest BCUT2D eigenvalue weighted by atomic mass is 9.71. The van der Waals surface area contributed by atoms with Crippen molar-refractivity contribution in [1.82, 2.24) is 0 Å². The van der Waals surface area contributed by atoms with Gasteiger partial charge < -0.3 is 19.7 Å². The van der Waals surface area contributed by atoms with Gasteiger partial charge in [-0.3, -0.25) is 4.79 Å². The molecule has 1 saturated carbocycles. The molecule has 2 aliphatic carbocycles. The second-order valence-corrected chi connectivity index (χ2v) is 7.71. The van der Waals surface area contributed by atoms with E-state index in [1.807, 2.05) is 13.8 Å². The number of ether oxygens (including phenoxy) is 2. The van der Waals surface area contributed by atoms with Crippen LogP contribution < -0.4 is 0 Å². The molecule has 0 spiro atoms. The first-order valence-corrected chi connectivity index (χ1v) is 8.07. The Hall–Kier alpha value is -0.910. The van der Waals surface area contributed by atoms with Crippen molar-refractivity contribution in [2.45, 2.75) is 69.9 Å². The van der Waals surface area contributed by atoms with Crippen LogP contribution in [0.4, 0.5) is 0 Å². The number of fused-ring (bicyclic) bond motifs is 1. The second kappa shape index (κ2) is 5.05. The maximum absolute atomic E-state index is 12.4. The van der Waals surface area contributed by atoms with Gasteiger partial charge in [-0.25, -0.2) is 0 Å². The molecule has 0 unspecified atom stereocenters. The average Bonchev–Trinajstić information content (AvgIpc) is 2.77. The molecule has 2 N–H and O–H groups in total. The normalized spacial score (nSPS) is 42.0. The highest BCUT2D eigenvalue weighted by molar-refractivity contribution is 6.00. The number of ketones is 1. The molecule has 3 rings (SSSR count). The first kappa shape index (κ1) is 16.0. The molecule has 3 aliphatic rings. The third-order valence-corrected chi connectivity index (χ3v) is 5.81. The van der Waals surface area contributed by atoms with E-state index >= 15 is 0 Å². The fourth-order valence-corrected chi connectivity index (χ4v) is 4.52. The van der Waals surface area contributed by atoms with Crippen molar-refractivity contribution >= 4 is 5.78 Å².